The molecule has 0 aliphatic carbocycles. The first kappa shape index (κ1) is 19.7. The lowest BCUT2D eigenvalue weighted by Gasteiger charge is -2.39. The lowest BCUT2D eigenvalue weighted by atomic mass is 9.74. The Balaban J connectivity index is 1.39. The fraction of sp³-hybridized carbons (Fsp3) is 0.682. The first-order valence-corrected chi connectivity index (χ1v) is 10.7. The standard InChI is InChI=1S/C22H34N4O2/c1-23-21(26-10-7-20(17-26)25-11-15-28-16-12-25)24-18-22(8-13-27-14-9-22)19-5-3-2-4-6-19/h2-6,20H,7-18H2,1H3,(H,23,24). The van der Waals surface area contributed by atoms with Crippen molar-refractivity contribution in [2.24, 2.45) is 4.99 Å². The number of guanidine groups is 1. The third-order valence-corrected chi connectivity index (χ3v) is 6.66. The van der Waals surface area contributed by atoms with E-state index >= 15 is 0 Å². The molecule has 1 aromatic carbocycles. The highest BCUT2D eigenvalue weighted by Crippen LogP contribution is 2.34. The third-order valence-electron chi connectivity index (χ3n) is 6.66. The van der Waals surface area contributed by atoms with Crippen LogP contribution in [0.15, 0.2) is 35.3 Å². The smallest absolute Gasteiger partial charge is 0.193 e. The molecule has 1 unspecified atom stereocenters. The van der Waals surface area contributed by atoms with E-state index in [2.05, 4.69) is 50.4 Å². The Kier molecular flexibility index (Phi) is 6.50. The number of aliphatic imine (C=N–C) groups is 1. The van der Waals surface area contributed by atoms with Crippen molar-refractivity contribution in [1.82, 2.24) is 15.1 Å². The predicted octanol–water partition coefficient (Wildman–Crippen LogP) is 1.72. The summed E-state index contributed by atoms with van der Waals surface area (Å²) in [6.07, 6.45) is 3.31. The fourth-order valence-electron chi connectivity index (χ4n) is 4.88. The summed E-state index contributed by atoms with van der Waals surface area (Å²) >= 11 is 0. The second-order valence-corrected chi connectivity index (χ2v) is 8.20. The molecule has 0 aromatic heterocycles. The average molecular weight is 387 g/mol. The maximum absolute atomic E-state index is 5.68. The van der Waals surface area contributed by atoms with Gasteiger partial charge in [-0.1, -0.05) is 30.3 Å². The van der Waals surface area contributed by atoms with Crippen LogP contribution in [0, 0.1) is 0 Å². The zero-order valence-corrected chi connectivity index (χ0v) is 17.1. The molecule has 0 spiro atoms. The highest BCUT2D eigenvalue weighted by Gasteiger charge is 2.36. The zero-order chi connectivity index (χ0) is 19.2. The molecule has 3 aliphatic heterocycles. The van der Waals surface area contributed by atoms with Crippen LogP contribution in [0.3, 0.4) is 0 Å². The molecule has 1 atom stereocenters. The first-order valence-electron chi connectivity index (χ1n) is 10.7. The van der Waals surface area contributed by atoms with Crippen molar-refractivity contribution in [2.75, 3.05) is 66.2 Å². The van der Waals surface area contributed by atoms with Crippen LogP contribution in [0.25, 0.3) is 0 Å². The molecular weight excluding hydrogens is 352 g/mol. The topological polar surface area (TPSA) is 49.3 Å². The number of benzene rings is 1. The summed E-state index contributed by atoms with van der Waals surface area (Å²) in [6.45, 7) is 8.55. The Morgan fingerprint density at radius 1 is 1.07 bits per heavy atom. The van der Waals surface area contributed by atoms with Crippen molar-refractivity contribution in [3.8, 4) is 0 Å². The Labute approximate surface area is 168 Å². The van der Waals surface area contributed by atoms with Crippen LogP contribution in [-0.4, -0.2) is 88.0 Å². The Bertz CT molecular complexity index is 639. The van der Waals surface area contributed by atoms with Crippen molar-refractivity contribution < 1.29 is 9.47 Å². The molecule has 3 heterocycles. The highest BCUT2D eigenvalue weighted by molar-refractivity contribution is 5.80. The van der Waals surface area contributed by atoms with Crippen molar-refractivity contribution in [3.05, 3.63) is 35.9 Å². The normalized spacial score (nSPS) is 26.4. The van der Waals surface area contributed by atoms with Crippen LogP contribution < -0.4 is 5.32 Å². The molecule has 4 rings (SSSR count). The number of nitrogens with one attached hydrogen (secondary N) is 1. The fourth-order valence-corrected chi connectivity index (χ4v) is 4.88. The van der Waals surface area contributed by atoms with Crippen LogP contribution in [0.2, 0.25) is 0 Å². The van der Waals surface area contributed by atoms with Gasteiger partial charge in [0.1, 0.15) is 0 Å². The SMILES string of the molecule is CN=C(NCC1(c2ccccc2)CCOCC1)N1CCC(N2CCOCC2)C1. The van der Waals surface area contributed by atoms with Crippen LogP contribution in [0.1, 0.15) is 24.8 Å². The Morgan fingerprint density at radius 3 is 2.50 bits per heavy atom. The van der Waals surface area contributed by atoms with Gasteiger partial charge in [-0.3, -0.25) is 9.89 Å². The van der Waals surface area contributed by atoms with Crippen molar-refractivity contribution in [2.45, 2.75) is 30.7 Å². The Hall–Kier alpha value is -1.63. The van der Waals surface area contributed by atoms with Crippen molar-refractivity contribution in [3.63, 3.8) is 0 Å². The number of hydrogen-bond acceptors (Lipinski definition) is 4. The quantitative estimate of drug-likeness (QED) is 0.631. The Morgan fingerprint density at radius 2 is 1.79 bits per heavy atom. The molecule has 1 aromatic rings. The summed E-state index contributed by atoms with van der Waals surface area (Å²) in [5.41, 5.74) is 1.53. The molecule has 3 aliphatic rings. The van der Waals surface area contributed by atoms with Gasteiger partial charge in [0.2, 0.25) is 0 Å². The predicted molar refractivity (Wildman–Crippen MR) is 112 cm³/mol. The van der Waals surface area contributed by atoms with E-state index in [0.717, 1.165) is 78.0 Å². The minimum atomic E-state index is 0.124. The summed E-state index contributed by atoms with van der Waals surface area (Å²) in [5, 5.41) is 3.72. The maximum atomic E-state index is 5.68. The summed E-state index contributed by atoms with van der Waals surface area (Å²) in [6, 6.07) is 11.5. The molecule has 6 nitrogen and oxygen atoms in total. The summed E-state index contributed by atoms with van der Waals surface area (Å²) in [5.74, 6) is 1.04. The van der Waals surface area contributed by atoms with Crippen LogP contribution in [-0.2, 0) is 14.9 Å². The minimum Gasteiger partial charge on any atom is -0.381 e. The van der Waals surface area contributed by atoms with E-state index in [4.69, 9.17) is 9.47 Å². The molecule has 6 heteroatoms. The summed E-state index contributed by atoms with van der Waals surface area (Å²) in [7, 11) is 1.91. The van der Waals surface area contributed by atoms with E-state index in [9.17, 15) is 0 Å². The van der Waals surface area contributed by atoms with Crippen LogP contribution >= 0.6 is 0 Å². The second-order valence-electron chi connectivity index (χ2n) is 8.20. The molecule has 0 radical (unpaired) electrons. The molecule has 3 fully saturated rings. The van der Waals surface area contributed by atoms with Gasteiger partial charge in [-0.05, 0) is 24.8 Å². The van der Waals surface area contributed by atoms with E-state index in [1.54, 1.807) is 0 Å². The molecule has 1 N–H and O–H groups in total. The lowest BCUT2D eigenvalue weighted by molar-refractivity contribution is 0.0194. The molecule has 0 amide bonds. The molecule has 0 bridgehead atoms. The number of rotatable bonds is 4. The van der Waals surface area contributed by atoms with Gasteiger partial charge < -0.3 is 19.7 Å². The first-order chi connectivity index (χ1) is 13.8. The molecule has 28 heavy (non-hydrogen) atoms. The molecule has 154 valence electrons. The summed E-state index contributed by atoms with van der Waals surface area (Å²) in [4.78, 5) is 9.63. The van der Waals surface area contributed by atoms with Gasteiger partial charge >= 0.3 is 0 Å². The number of hydrogen-bond donors (Lipinski definition) is 1. The van der Waals surface area contributed by atoms with Gasteiger partial charge in [-0.25, -0.2) is 0 Å². The summed E-state index contributed by atoms with van der Waals surface area (Å²) < 4.78 is 11.2. The van der Waals surface area contributed by atoms with Gasteiger partial charge in [-0.2, -0.15) is 0 Å². The van der Waals surface area contributed by atoms with Gasteiger partial charge in [0.25, 0.3) is 0 Å². The van der Waals surface area contributed by atoms with E-state index < -0.39 is 0 Å². The third kappa shape index (κ3) is 4.34. The molecule has 0 saturated carbocycles. The average Bonchev–Trinajstić information content (AvgIpc) is 3.26. The van der Waals surface area contributed by atoms with E-state index in [1.807, 2.05) is 7.05 Å². The van der Waals surface area contributed by atoms with Gasteiger partial charge in [0, 0.05) is 64.4 Å². The van der Waals surface area contributed by atoms with Gasteiger partial charge in [0.05, 0.1) is 13.2 Å². The zero-order valence-electron chi connectivity index (χ0n) is 17.1. The number of ether oxygens (including phenoxy) is 2. The largest absolute Gasteiger partial charge is 0.381 e. The maximum Gasteiger partial charge on any atom is 0.193 e. The van der Waals surface area contributed by atoms with E-state index in [-0.39, 0.29) is 5.41 Å². The second kappa shape index (κ2) is 9.25. The van der Waals surface area contributed by atoms with Gasteiger partial charge in [-0.15, -0.1) is 0 Å². The monoisotopic (exact) mass is 386 g/mol. The van der Waals surface area contributed by atoms with Crippen molar-refractivity contribution >= 4 is 5.96 Å². The van der Waals surface area contributed by atoms with Crippen LogP contribution in [0.5, 0.6) is 0 Å². The highest BCUT2D eigenvalue weighted by atomic mass is 16.5. The molecule has 3 saturated heterocycles. The molecular formula is C22H34N4O2. The lowest BCUT2D eigenvalue weighted by Crippen LogP contribution is -2.50. The number of nitrogens with zero attached hydrogens (tertiary/aromatic N) is 3. The number of morpholine rings is 1. The number of likely N-dealkylation sites (tertiary alicyclic amines) is 1. The minimum absolute atomic E-state index is 0.124. The van der Waals surface area contributed by atoms with E-state index in [0.29, 0.717) is 6.04 Å². The van der Waals surface area contributed by atoms with Gasteiger partial charge in [0.15, 0.2) is 5.96 Å². The van der Waals surface area contributed by atoms with E-state index in [1.165, 1.54) is 12.0 Å². The van der Waals surface area contributed by atoms with Crippen LogP contribution in [0.4, 0.5) is 0 Å². The van der Waals surface area contributed by atoms with Crippen molar-refractivity contribution in [1.29, 1.82) is 0 Å².